The topological polar surface area (TPSA) is 66.5 Å². The van der Waals surface area contributed by atoms with E-state index in [1.54, 1.807) is 0 Å². The van der Waals surface area contributed by atoms with Crippen LogP contribution in [0.2, 0.25) is 15.1 Å². The van der Waals surface area contributed by atoms with Gasteiger partial charge in [-0.05, 0) is 12.1 Å². The molecule has 0 unspecified atom stereocenters. The van der Waals surface area contributed by atoms with Crippen molar-refractivity contribution >= 4 is 56.4 Å². The number of carbonyl (C=O) groups is 1. The Hall–Kier alpha value is -0.530. The number of halogens is 3. The average molecular weight is 346 g/mol. The number of amides is 1. The standard InChI is InChI=1S/C10H11Cl3N2O3S/c1-15(19(2,17)18)5-10(16)14-9-4-7(12)6(11)3-8(9)13/h3-4H,5H2,1-2H3,(H,14,16). The Labute approximate surface area is 126 Å². The second-order valence-corrected chi connectivity index (χ2v) is 7.12. The third kappa shape index (κ3) is 4.81. The molecule has 1 aromatic carbocycles. The SMILES string of the molecule is CN(CC(=O)Nc1cc(Cl)c(Cl)cc1Cl)S(C)(=O)=O. The highest BCUT2D eigenvalue weighted by Crippen LogP contribution is 2.32. The summed E-state index contributed by atoms with van der Waals surface area (Å²) in [5.41, 5.74) is 0.267. The highest BCUT2D eigenvalue weighted by Gasteiger charge is 2.16. The number of hydrogen-bond donors (Lipinski definition) is 1. The number of carbonyl (C=O) groups excluding carboxylic acids is 1. The van der Waals surface area contributed by atoms with Crippen LogP contribution in [0, 0.1) is 0 Å². The molecular formula is C10H11Cl3N2O3S. The summed E-state index contributed by atoms with van der Waals surface area (Å²) in [5.74, 6) is -0.534. The Morgan fingerprint density at radius 2 is 1.74 bits per heavy atom. The molecule has 0 aliphatic heterocycles. The lowest BCUT2D eigenvalue weighted by Crippen LogP contribution is -2.34. The molecule has 0 aromatic heterocycles. The van der Waals surface area contributed by atoms with Crippen molar-refractivity contribution in [3.63, 3.8) is 0 Å². The third-order valence-electron chi connectivity index (χ3n) is 2.22. The summed E-state index contributed by atoms with van der Waals surface area (Å²) in [6.07, 6.45) is 1.01. The van der Waals surface area contributed by atoms with Crippen molar-refractivity contribution in [2.24, 2.45) is 0 Å². The van der Waals surface area contributed by atoms with Crippen molar-refractivity contribution in [2.75, 3.05) is 25.2 Å². The predicted molar refractivity (Wildman–Crippen MR) is 77.6 cm³/mol. The molecule has 5 nitrogen and oxygen atoms in total. The van der Waals surface area contributed by atoms with Gasteiger partial charge >= 0.3 is 0 Å². The lowest BCUT2D eigenvalue weighted by Gasteiger charge is -2.14. The lowest BCUT2D eigenvalue weighted by molar-refractivity contribution is -0.116. The first-order valence-electron chi connectivity index (χ1n) is 4.97. The molecule has 0 atom stereocenters. The third-order valence-corrected chi connectivity index (χ3v) is 4.51. The van der Waals surface area contributed by atoms with Crippen LogP contribution in [0.1, 0.15) is 0 Å². The summed E-state index contributed by atoms with van der Waals surface area (Å²) in [4.78, 5) is 11.7. The van der Waals surface area contributed by atoms with Gasteiger partial charge in [-0.3, -0.25) is 4.79 Å². The van der Waals surface area contributed by atoms with Crippen molar-refractivity contribution in [3.8, 4) is 0 Å². The normalized spacial score (nSPS) is 11.7. The van der Waals surface area contributed by atoms with Crippen LogP contribution in [0.15, 0.2) is 12.1 Å². The van der Waals surface area contributed by atoms with Crippen LogP contribution in [0.3, 0.4) is 0 Å². The molecule has 0 saturated heterocycles. The number of likely N-dealkylation sites (N-methyl/N-ethyl adjacent to an activating group) is 1. The van der Waals surface area contributed by atoms with E-state index in [4.69, 9.17) is 34.8 Å². The second-order valence-electron chi connectivity index (χ2n) is 3.81. The van der Waals surface area contributed by atoms with Gasteiger partial charge in [0.25, 0.3) is 0 Å². The molecule has 0 heterocycles. The first-order chi connectivity index (χ1) is 8.61. The molecule has 9 heteroatoms. The Kier molecular flexibility index (Phi) is 5.46. The van der Waals surface area contributed by atoms with Crippen LogP contribution in [0.5, 0.6) is 0 Å². The fourth-order valence-corrected chi connectivity index (χ4v) is 2.07. The van der Waals surface area contributed by atoms with Gasteiger partial charge in [-0.2, -0.15) is 4.31 Å². The molecule has 0 radical (unpaired) electrons. The van der Waals surface area contributed by atoms with Crippen LogP contribution >= 0.6 is 34.8 Å². The predicted octanol–water partition coefficient (Wildman–Crippen LogP) is 2.48. The molecule has 1 N–H and O–H groups in total. The molecule has 1 amide bonds. The summed E-state index contributed by atoms with van der Waals surface area (Å²) in [7, 11) is -2.13. The zero-order valence-corrected chi connectivity index (χ0v) is 13.2. The van der Waals surface area contributed by atoms with Crippen LogP contribution < -0.4 is 5.32 Å². The minimum Gasteiger partial charge on any atom is -0.324 e. The van der Waals surface area contributed by atoms with Gasteiger partial charge in [-0.1, -0.05) is 34.8 Å². The smallest absolute Gasteiger partial charge is 0.239 e. The molecule has 0 aliphatic rings. The van der Waals surface area contributed by atoms with Crippen LogP contribution in [0.4, 0.5) is 5.69 Å². The first-order valence-corrected chi connectivity index (χ1v) is 7.95. The Bertz CT molecular complexity index is 604. The van der Waals surface area contributed by atoms with Crippen molar-refractivity contribution in [1.29, 1.82) is 0 Å². The molecule has 0 fully saturated rings. The van der Waals surface area contributed by atoms with Crippen molar-refractivity contribution < 1.29 is 13.2 Å². The molecular weight excluding hydrogens is 335 g/mol. The first kappa shape index (κ1) is 16.5. The van der Waals surface area contributed by atoms with Crippen LogP contribution in [-0.2, 0) is 14.8 Å². The summed E-state index contributed by atoms with van der Waals surface area (Å²) in [5, 5.41) is 3.17. The van der Waals surface area contributed by atoms with E-state index in [1.165, 1.54) is 19.2 Å². The molecule has 1 rings (SSSR count). The monoisotopic (exact) mass is 344 g/mol. The minimum absolute atomic E-state index is 0.213. The number of benzene rings is 1. The van der Waals surface area contributed by atoms with E-state index in [1.807, 2.05) is 0 Å². The van der Waals surface area contributed by atoms with Gasteiger partial charge in [0.2, 0.25) is 15.9 Å². The number of rotatable bonds is 4. The summed E-state index contributed by atoms with van der Waals surface area (Å²) >= 11 is 17.4. The molecule has 1 aromatic rings. The Balaban J connectivity index is 2.81. The molecule has 19 heavy (non-hydrogen) atoms. The number of anilines is 1. The van der Waals surface area contributed by atoms with E-state index in [2.05, 4.69) is 5.32 Å². The van der Waals surface area contributed by atoms with Crippen molar-refractivity contribution in [2.45, 2.75) is 0 Å². The summed E-state index contributed by atoms with van der Waals surface area (Å²) in [6, 6.07) is 2.78. The maximum atomic E-state index is 11.7. The highest BCUT2D eigenvalue weighted by atomic mass is 35.5. The zero-order chi connectivity index (χ0) is 14.8. The molecule has 106 valence electrons. The van der Waals surface area contributed by atoms with Gasteiger partial charge < -0.3 is 5.32 Å². The van der Waals surface area contributed by atoms with E-state index in [0.29, 0.717) is 0 Å². The van der Waals surface area contributed by atoms with E-state index in [-0.39, 0.29) is 27.3 Å². The highest BCUT2D eigenvalue weighted by molar-refractivity contribution is 7.88. The average Bonchev–Trinajstić information content (AvgIpc) is 2.24. The second kappa shape index (κ2) is 6.28. The van der Waals surface area contributed by atoms with Gasteiger partial charge in [0.15, 0.2) is 0 Å². The van der Waals surface area contributed by atoms with E-state index in [9.17, 15) is 13.2 Å². The van der Waals surface area contributed by atoms with Crippen LogP contribution in [-0.4, -0.2) is 38.5 Å². The molecule has 0 spiro atoms. The largest absolute Gasteiger partial charge is 0.324 e. The maximum Gasteiger partial charge on any atom is 0.239 e. The summed E-state index contributed by atoms with van der Waals surface area (Å²) in [6.45, 7) is -0.324. The molecule has 0 bridgehead atoms. The van der Waals surface area contributed by atoms with E-state index >= 15 is 0 Å². The number of nitrogens with one attached hydrogen (secondary N) is 1. The van der Waals surface area contributed by atoms with Gasteiger partial charge in [0.1, 0.15) is 0 Å². The number of nitrogens with zero attached hydrogens (tertiary/aromatic N) is 1. The quantitative estimate of drug-likeness (QED) is 0.853. The van der Waals surface area contributed by atoms with Crippen molar-refractivity contribution in [1.82, 2.24) is 4.31 Å². The van der Waals surface area contributed by atoms with Crippen LogP contribution in [0.25, 0.3) is 0 Å². The fourth-order valence-electron chi connectivity index (χ4n) is 1.13. The Morgan fingerprint density at radius 3 is 2.26 bits per heavy atom. The number of sulfonamides is 1. The van der Waals surface area contributed by atoms with E-state index < -0.39 is 15.9 Å². The summed E-state index contributed by atoms with van der Waals surface area (Å²) < 4.78 is 23.2. The lowest BCUT2D eigenvalue weighted by atomic mass is 10.3. The van der Waals surface area contributed by atoms with Gasteiger partial charge in [-0.25, -0.2) is 8.42 Å². The van der Waals surface area contributed by atoms with Gasteiger partial charge in [0.05, 0.1) is 33.6 Å². The van der Waals surface area contributed by atoms with Gasteiger partial charge in [0, 0.05) is 7.05 Å². The molecule has 0 aliphatic carbocycles. The van der Waals surface area contributed by atoms with Gasteiger partial charge in [-0.15, -0.1) is 0 Å². The minimum atomic E-state index is -3.42. The fraction of sp³-hybridized carbons (Fsp3) is 0.300. The number of hydrogen-bond acceptors (Lipinski definition) is 3. The molecule has 0 saturated carbocycles. The van der Waals surface area contributed by atoms with E-state index in [0.717, 1.165) is 10.6 Å². The Morgan fingerprint density at radius 1 is 1.21 bits per heavy atom. The zero-order valence-electron chi connectivity index (χ0n) is 10.1. The maximum absolute atomic E-state index is 11.7. The van der Waals surface area contributed by atoms with Crippen molar-refractivity contribution in [3.05, 3.63) is 27.2 Å².